The predicted octanol–water partition coefficient (Wildman–Crippen LogP) is 3.23. The molecule has 9 atom stereocenters. The van der Waals surface area contributed by atoms with Gasteiger partial charge in [0, 0.05) is 57.9 Å². The van der Waals surface area contributed by atoms with Gasteiger partial charge in [-0.2, -0.15) is 0 Å². The van der Waals surface area contributed by atoms with Crippen molar-refractivity contribution < 1.29 is 63.0 Å². The Hall–Kier alpha value is -5.75. The van der Waals surface area contributed by atoms with Crippen LogP contribution in [0.5, 0.6) is 0 Å². The third kappa shape index (κ3) is 30.3. The summed E-state index contributed by atoms with van der Waals surface area (Å²) in [4.78, 5) is 152. The van der Waals surface area contributed by atoms with Gasteiger partial charge < -0.3 is 68.3 Å². The Labute approximate surface area is 519 Å². The van der Waals surface area contributed by atoms with Crippen molar-refractivity contribution in [2.75, 3.05) is 32.8 Å². The first-order valence-electron chi connectivity index (χ1n) is 32.1. The topological polar surface area (TPSA) is 352 Å². The number of nitrogens with zero attached hydrogens (tertiary/aromatic N) is 1. The molecule has 1 aliphatic heterocycles. The molecule has 0 aromatic heterocycles. The molecule has 0 saturated carbocycles. The molecule has 0 spiro atoms. The molecule has 1 aliphatic rings. The highest BCUT2D eigenvalue weighted by atomic mass is 16.3. The molecule has 10 amide bonds. The van der Waals surface area contributed by atoms with Crippen molar-refractivity contribution in [3.05, 3.63) is 0 Å². The van der Waals surface area contributed by atoms with Gasteiger partial charge in [0.1, 0.15) is 52.6 Å². The molecule has 0 aliphatic carbocycles. The first kappa shape index (κ1) is 79.3. The molecule has 24 heteroatoms. The van der Waals surface area contributed by atoms with Crippen LogP contribution in [0.15, 0.2) is 0 Å². The fourth-order valence-corrected chi connectivity index (χ4v) is 10.3. The number of unbranched alkanes of at least 4 members (excludes halogenated alkanes) is 3. The van der Waals surface area contributed by atoms with Gasteiger partial charge in [0.15, 0.2) is 0 Å². The van der Waals surface area contributed by atoms with E-state index in [1.165, 1.54) is 46.4 Å². The van der Waals surface area contributed by atoms with Gasteiger partial charge in [0.05, 0.1) is 12.7 Å². The molecular weight excluding hydrogens is 1120 g/mol. The van der Waals surface area contributed by atoms with E-state index in [1.54, 1.807) is 20.8 Å². The zero-order chi connectivity index (χ0) is 66.4. The number of aliphatic hydroxyl groups is 2. The molecule has 1 rings (SSSR count). The van der Waals surface area contributed by atoms with E-state index < -0.39 is 106 Å². The summed E-state index contributed by atoms with van der Waals surface area (Å²) in [5.74, 6) is -6.63. The van der Waals surface area contributed by atoms with E-state index in [0.717, 1.165) is 32.1 Å². The van der Waals surface area contributed by atoms with Gasteiger partial charge in [0.2, 0.25) is 59.1 Å². The summed E-state index contributed by atoms with van der Waals surface area (Å²) in [6, 6.07) is -5.68. The highest BCUT2D eigenvalue weighted by molar-refractivity contribution is 6.00. The van der Waals surface area contributed by atoms with Gasteiger partial charge >= 0.3 is 0 Å². The van der Waals surface area contributed by atoms with E-state index in [1.807, 2.05) is 41.5 Å². The van der Waals surface area contributed by atoms with Crippen LogP contribution >= 0.6 is 0 Å². The summed E-state index contributed by atoms with van der Waals surface area (Å²) < 4.78 is 0. The zero-order valence-electron chi connectivity index (χ0n) is 55.7. The van der Waals surface area contributed by atoms with E-state index in [0.29, 0.717) is 38.9 Å². The van der Waals surface area contributed by atoms with E-state index in [9.17, 15) is 57.8 Å². The van der Waals surface area contributed by atoms with Crippen LogP contribution in [-0.2, 0) is 52.7 Å². The lowest BCUT2D eigenvalue weighted by Gasteiger charge is -2.35. The van der Waals surface area contributed by atoms with Crippen molar-refractivity contribution in [2.45, 2.75) is 279 Å². The number of carbonyl (C=O) groups excluding carboxylic acids is 11. The monoisotopic (exact) mass is 1230 g/mol. The first-order chi connectivity index (χ1) is 40.5. The van der Waals surface area contributed by atoms with Crippen LogP contribution < -0.4 is 53.2 Å². The van der Waals surface area contributed by atoms with E-state index in [4.69, 9.17) is 5.11 Å². The number of hydrogen-bond acceptors (Lipinski definition) is 14. The third-order valence-electron chi connectivity index (χ3n) is 15.4. The Kier molecular flexibility index (Phi) is 35.8. The molecule has 0 aromatic rings. The van der Waals surface area contributed by atoms with Gasteiger partial charge in [-0.3, -0.25) is 52.7 Å². The number of aliphatic hydroxyl groups excluding tert-OH is 2. The summed E-state index contributed by atoms with van der Waals surface area (Å²) in [6.07, 6.45) is 6.33. The molecule has 12 N–H and O–H groups in total. The smallest absolute Gasteiger partial charge is 0.246 e. The number of ketones is 1. The lowest BCUT2D eigenvalue weighted by atomic mass is 9.92. The quantitative estimate of drug-likeness (QED) is 0.0390. The van der Waals surface area contributed by atoms with Gasteiger partial charge in [-0.15, -0.1) is 0 Å². The number of Topliss-reactive ketones (excluding diaryl/α,β-unsaturated/α-hetero) is 1. The summed E-state index contributed by atoms with van der Waals surface area (Å²) in [5.41, 5.74) is -5.03. The fraction of sp³-hybridized carbons (Fsp3) is 0.825. The van der Waals surface area contributed by atoms with Crippen molar-refractivity contribution in [3.63, 3.8) is 0 Å². The second kappa shape index (κ2) is 39.3. The van der Waals surface area contributed by atoms with Crippen LogP contribution in [0.1, 0.15) is 220 Å². The summed E-state index contributed by atoms with van der Waals surface area (Å²) in [7, 11) is 0. The molecule has 1 fully saturated rings. The molecule has 0 bridgehead atoms. The largest absolute Gasteiger partial charge is 0.395 e. The van der Waals surface area contributed by atoms with Gasteiger partial charge in [0.25, 0.3) is 0 Å². The van der Waals surface area contributed by atoms with Crippen molar-refractivity contribution in [2.24, 2.45) is 23.7 Å². The van der Waals surface area contributed by atoms with Gasteiger partial charge in [-0.25, -0.2) is 0 Å². The van der Waals surface area contributed by atoms with Crippen LogP contribution in [0, 0.1) is 23.7 Å². The zero-order valence-corrected chi connectivity index (χ0v) is 55.7. The number of rotatable bonds is 43. The average Bonchev–Trinajstić information content (AvgIpc) is 3.31. The van der Waals surface area contributed by atoms with Crippen molar-refractivity contribution in [3.8, 4) is 0 Å². The van der Waals surface area contributed by atoms with Crippen molar-refractivity contribution in [1.82, 2.24) is 58.1 Å². The Morgan fingerprint density at radius 1 is 0.552 bits per heavy atom. The minimum Gasteiger partial charge on any atom is -0.395 e. The Bertz CT molecular complexity index is 2240. The Morgan fingerprint density at radius 2 is 1.08 bits per heavy atom. The molecule has 500 valence electrons. The van der Waals surface area contributed by atoms with Crippen LogP contribution in [0.2, 0.25) is 0 Å². The van der Waals surface area contributed by atoms with Crippen molar-refractivity contribution in [1.29, 1.82) is 0 Å². The van der Waals surface area contributed by atoms with Crippen LogP contribution in [0.4, 0.5) is 0 Å². The standard InChI is InChI=1S/C63H115N11O13/c1-17-20-21-22-25-41(8)35-48(54(81)67-47(33-40(6)7)55(82)71-61(11,12)58(85)69-46(32-39(4)5)53(80)65-28-27-51(78)66-43(10)38-64-29-31-75)70-59(86)62(13,14)73-60(87)63(15,16)72-56(83)49(36-42(9)34-45(77)37-44(76)19-3)68-57(84)50-26-23-30-74(50)52(79)24-18-2/h39-43,45-50,64,75,77H,17-38H2,1-16H3,(H,65,80)(H,66,78)(H,67,81)(H,68,84)(H,69,85)(H,70,86)(H,71,82)(H,72,83)(H,73,87)/t41-,42+,43-,45+,46-,47-,48-,49-,50?/m0/s1. The van der Waals surface area contributed by atoms with Gasteiger partial charge in [-0.1, -0.05) is 94.4 Å². The minimum absolute atomic E-state index is 0.000749. The molecule has 0 aromatic carbocycles. The van der Waals surface area contributed by atoms with Crippen molar-refractivity contribution >= 4 is 64.9 Å². The maximum absolute atomic E-state index is 14.6. The molecule has 0 radical (unpaired) electrons. The summed E-state index contributed by atoms with van der Waals surface area (Å²) in [5, 5.41) is 47.8. The highest BCUT2D eigenvalue weighted by Crippen LogP contribution is 2.23. The number of likely N-dealkylation sites (tertiary alicyclic amines) is 1. The maximum Gasteiger partial charge on any atom is 0.246 e. The lowest BCUT2D eigenvalue weighted by molar-refractivity contribution is -0.141. The van der Waals surface area contributed by atoms with E-state index in [-0.39, 0.29) is 112 Å². The first-order valence-corrected chi connectivity index (χ1v) is 32.1. The number of nitrogens with one attached hydrogen (secondary N) is 10. The van der Waals surface area contributed by atoms with E-state index >= 15 is 0 Å². The predicted molar refractivity (Wildman–Crippen MR) is 335 cm³/mol. The lowest BCUT2D eigenvalue weighted by Crippen LogP contribution is -2.66. The SMILES string of the molecule is CCCCCC[C@H](C)C[C@H](NC(=O)C(C)(C)NC(=O)C(C)(C)NC(=O)[C@H](C[C@H](C)C[C@@H](O)CC(=O)CC)NC(=O)C1CCCN1C(=O)CCC)C(=O)N[C@@H](CC(C)C)C(=O)NC(C)(C)C(=O)N[C@@H](CC(C)C)C(=O)NCCC(=O)N[C@@H](C)CNCCO. The third-order valence-corrected chi connectivity index (χ3v) is 15.4. The number of carbonyl (C=O) groups is 11. The number of hydrogen-bond donors (Lipinski definition) is 12. The molecular formula is C63H115N11O13. The van der Waals surface area contributed by atoms with E-state index in [2.05, 4.69) is 60.1 Å². The Balaban J connectivity index is 3.42. The summed E-state index contributed by atoms with van der Waals surface area (Å²) >= 11 is 0. The molecule has 87 heavy (non-hydrogen) atoms. The second-order valence-corrected chi connectivity index (χ2v) is 26.7. The van der Waals surface area contributed by atoms with Crippen LogP contribution in [0.3, 0.4) is 0 Å². The number of amides is 10. The average molecular weight is 1230 g/mol. The minimum atomic E-state index is -1.71. The normalized spacial score (nSPS) is 16.5. The molecule has 1 saturated heterocycles. The van der Waals surface area contributed by atoms with Crippen LogP contribution in [0.25, 0.3) is 0 Å². The molecule has 24 nitrogen and oxygen atoms in total. The van der Waals surface area contributed by atoms with Crippen LogP contribution in [-0.4, -0.2) is 172 Å². The molecule has 1 unspecified atom stereocenters. The highest BCUT2D eigenvalue weighted by Gasteiger charge is 2.42. The Morgan fingerprint density at radius 3 is 1.62 bits per heavy atom. The summed E-state index contributed by atoms with van der Waals surface area (Å²) in [6.45, 7) is 28.5. The molecule has 1 heterocycles. The second-order valence-electron chi connectivity index (χ2n) is 26.7. The maximum atomic E-state index is 14.6. The van der Waals surface area contributed by atoms with Gasteiger partial charge in [-0.05, 0) is 124 Å². The fourth-order valence-electron chi connectivity index (χ4n) is 10.3.